The van der Waals surface area contributed by atoms with Crippen LogP contribution in [0.4, 0.5) is 0 Å². The third-order valence-electron chi connectivity index (χ3n) is 3.72. The molecule has 0 aromatic heterocycles. The van der Waals surface area contributed by atoms with Gasteiger partial charge in [-0.25, -0.2) is 4.79 Å². The van der Waals surface area contributed by atoms with E-state index in [0.717, 1.165) is 18.4 Å². The van der Waals surface area contributed by atoms with Crippen molar-refractivity contribution >= 4 is 11.9 Å². The van der Waals surface area contributed by atoms with Gasteiger partial charge in [0.25, 0.3) is 5.91 Å². The maximum absolute atomic E-state index is 12.6. The van der Waals surface area contributed by atoms with Crippen LogP contribution in [0.25, 0.3) is 0 Å². The molecule has 5 heteroatoms. The molecule has 2 rings (SSSR count). The Morgan fingerprint density at radius 1 is 1.33 bits per heavy atom. The lowest BCUT2D eigenvalue weighted by molar-refractivity contribution is 0.0564. The van der Waals surface area contributed by atoms with E-state index in [2.05, 4.69) is 0 Å². The Hall–Kier alpha value is -1.88. The van der Waals surface area contributed by atoms with Crippen molar-refractivity contribution in [2.24, 2.45) is 0 Å². The average molecular weight is 291 g/mol. The number of aryl methyl sites for hydroxylation is 1. The van der Waals surface area contributed by atoms with Crippen LogP contribution in [-0.2, 0) is 4.74 Å². The smallest absolute Gasteiger partial charge is 0.335 e. The first-order valence-electron chi connectivity index (χ1n) is 7.26. The fraction of sp³-hybridized carbons (Fsp3) is 0.500. The maximum Gasteiger partial charge on any atom is 0.335 e. The number of carbonyl (C=O) groups is 2. The Morgan fingerprint density at radius 2 is 2.05 bits per heavy atom. The highest BCUT2D eigenvalue weighted by atomic mass is 16.5. The molecule has 1 atom stereocenters. The number of ether oxygens (including phenoxy) is 1. The molecule has 5 nitrogen and oxygen atoms in total. The van der Waals surface area contributed by atoms with Crippen LogP contribution in [0.5, 0.6) is 0 Å². The Kier molecular flexibility index (Phi) is 4.96. The van der Waals surface area contributed by atoms with E-state index in [1.807, 2.05) is 6.92 Å². The lowest BCUT2D eigenvalue weighted by Gasteiger charge is -2.24. The van der Waals surface area contributed by atoms with Crippen molar-refractivity contribution in [1.82, 2.24) is 4.90 Å². The first kappa shape index (κ1) is 15.5. The van der Waals surface area contributed by atoms with Crippen molar-refractivity contribution < 1.29 is 19.4 Å². The van der Waals surface area contributed by atoms with Gasteiger partial charge in [0, 0.05) is 18.7 Å². The highest BCUT2D eigenvalue weighted by molar-refractivity contribution is 5.98. The topological polar surface area (TPSA) is 66.8 Å². The predicted octanol–water partition coefficient (Wildman–Crippen LogP) is 2.33. The van der Waals surface area contributed by atoms with E-state index in [1.165, 1.54) is 6.07 Å². The van der Waals surface area contributed by atoms with Gasteiger partial charge >= 0.3 is 5.97 Å². The molecule has 1 N–H and O–H groups in total. The van der Waals surface area contributed by atoms with Gasteiger partial charge in [0.15, 0.2) is 0 Å². The van der Waals surface area contributed by atoms with E-state index in [9.17, 15) is 9.59 Å². The number of hydrogen-bond acceptors (Lipinski definition) is 3. The summed E-state index contributed by atoms with van der Waals surface area (Å²) in [5, 5.41) is 9.10. The second kappa shape index (κ2) is 6.72. The molecule has 114 valence electrons. The molecule has 1 aromatic carbocycles. The van der Waals surface area contributed by atoms with Crippen molar-refractivity contribution in [3.8, 4) is 0 Å². The van der Waals surface area contributed by atoms with Gasteiger partial charge in [0.2, 0.25) is 0 Å². The van der Waals surface area contributed by atoms with Crippen molar-refractivity contribution in [1.29, 1.82) is 0 Å². The van der Waals surface area contributed by atoms with Crippen molar-refractivity contribution in [3.05, 3.63) is 34.9 Å². The van der Waals surface area contributed by atoms with Crippen molar-refractivity contribution in [2.75, 3.05) is 19.8 Å². The summed E-state index contributed by atoms with van der Waals surface area (Å²) >= 11 is 0. The average Bonchev–Trinajstić information content (AvgIpc) is 2.91. The molecule has 0 aliphatic carbocycles. The number of amides is 1. The maximum atomic E-state index is 12.6. The Morgan fingerprint density at radius 3 is 2.71 bits per heavy atom. The van der Waals surface area contributed by atoms with Crippen LogP contribution in [0, 0.1) is 6.92 Å². The largest absolute Gasteiger partial charge is 0.478 e. The highest BCUT2D eigenvalue weighted by Gasteiger charge is 2.29. The van der Waals surface area contributed by atoms with Crippen LogP contribution in [0.2, 0.25) is 0 Å². The molecule has 1 amide bonds. The summed E-state index contributed by atoms with van der Waals surface area (Å²) in [7, 11) is 0. The Bertz CT molecular complexity index is 541. The molecule has 1 aliphatic rings. The van der Waals surface area contributed by atoms with E-state index in [4.69, 9.17) is 9.84 Å². The second-order valence-corrected chi connectivity index (χ2v) is 5.35. The summed E-state index contributed by atoms with van der Waals surface area (Å²) in [6, 6.07) is 4.85. The Balaban J connectivity index is 2.21. The molecule has 21 heavy (non-hydrogen) atoms. The summed E-state index contributed by atoms with van der Waals surface area (Å²) in [6.45, 7) is 5.60. The standard InChI is InChI=1S/C16H21NO4/c1-3-21-10-14-5-4-6-17(14)15(18)12-7-11(2)8-13(9-12)16(19)20/h7-9,14H,3-6,10H2,1-2H3,(H,19,20). The number of hydrogen-bond donors (Lipinski definition) is 1. The fourth-order valence-corrected chi connectivity index (χ4v) is 2.73. The SMILES string of the molecule is CCOCC1CCCN1C(=O)c1cc(C)cc(C(=O)O)c1. The van der Waals surface area contributed by atoms with Crippen molar-refractivity contribution in [2.45, 2.75) is 32.7 Å². The minimum Gasteiger partial charge on any atom is -0.478 e. The van der Waals surface area contributed by atoms with Gasteiger partial charge in [0.1, 0.15) is 0 Å². The molecule has 1 aliphatic heterocycles. The normalized spacial score (nSPS) is 18.0. The molecule has 0 spiro atoms. The molecule has 0 radical (unpaired) electrons. The Labute approximate surface area is 124 Å². The van der Waals surface area contributed by atoms with Gasteiger partial charge in [-0.15, -0.1) is 0 Å². The zero-order chi connectivity index (χ0) is 15.4. The van der Waals surface area contributed by atoms with Gasteiger partial charge in [-0.05, 0) is 50.5 Å². The van der Waals surface area contributed by atoms with Crippen molar-refractivity contribution in [3.63, 3.8) is 0 Å². The number of nitrogens with zero attached hydrogens (tertiary/aromatic N) is 1. The van der Waals surface area contributed by atoms with Gasteiger partial charge in [-0.3, -0.25) is 4.79 Å². The molecular weight excluding hydrogens is 270 g/mol. The van der Waals surface area contributed by atoms with Gasteiger partial charge in [-0.2, -0.15) is 0 Å². The lowest BCUT2D eigenvalue weighted by atomic mass is 10.1. The summed E-state index contributed by atoms with van der Waals surface area (Å²) in [4.78, 5) is 25.5. The predicted molar refractivity (Wildman–Crippen MR) is 78.7 cm³/mol. The molecule has 1 saturated heterocycles. The van der Waals surface area contributed by atoms with Gasteiger partial charge < -0.3 is 14.7 Å². The quantitative estimate of drug-likeness (QED) is 0.904. The van der Waals surface area contributed by atoms with Crippen LogP contribution < -0.4 is 0 Å². The van der Waals surface area contributed by atoms with Crippen LogP contribution in [0.1, 0.15) is 46.0 Å². The van der Waals surface area contributed by atoms with Crippen LogP contribution >= 0.6 is 0 Å². The third-order valence-corrected chi connectivity index (χ3v) is 3.72. The number of aromatic carboxylic acids is 1. The molecule has 1 aromatic rings. The van der Waals surface area contributed by atoms with E-state index < -0.39 is 5.97 Å². The first-order chi connectivity index (χ1) is 10.0. The number of benzene rings is 1. The zero-order valence-corrected chi connectivity index (χ0v) is 12.5. The van der Waals surface area contributed by atoms with E-state index in [-0.39, 0.29) is 17.5 Å². The molecule has 1 fully saturated rings. The van der Waals surface area contributed by atoms with Crippen LogP contribution in [0.3, 0.4) is 0 Å². The minimum absolute atomic E-state index is 0.0891. The monoisotopic (exact) mass is 291 g/mol. The molecular formula is C16H21NO4. The number of carboxylic acid groups (broad SMARTS) is 1. The summed E-state index contributed by atoms with van der Waals surface area (Å²) in [5.74, 6) is -1.12. The summed E-state index contributed by atoms with van der Waals surface area (Å²) in [5.41, 5.74) is 1.37. The third kappa shape index (κ3) is 3.61. The fourth-order valence-electron chi connectivity index (χ4n) is 2.73. The molecule has 1 heterocycles. The number of carbonyl (C=O) groups excluding carboxylic acids is 1. The molecule has 0 bridgehead atoms. The number of carboxylic acids is 1. The van der Waals surface area contributed by atoms with E-state index in [1.54, 1.807) is 24.0 Å². The van der Waals surface area contributed by atoms with E-state index in [0.29, 0.717) is 25.3 Å². The molecule has 0 saturated carbocycles. The summed E-state index contributed by atoms with van der Waals surface area (Å²) < 4.78 is 5.43. The van der Waals surface area contributed by atoms with Crippen LogP contribution in [-0.4, -0.2) is 47.7 Å². The number of rotatable bonds is 5. The van der Waals surface area contributed by atoms with Gasteiger partial charge in [-0.1, -0.05) is 0 Å². The first-order valence-corrected chi connectivity index (χ1v) is 7.26. The second-order valence-electron chi connectivity index (χ2n) is 5.35. The summed E-state index contributed by atoms with van der Waals surface area (Å²) in [6.07, 6.45) is 1.89. The molecule has 1 unspecified atom stereocenters. The minimum atomic E-state index is -1.01. The number of likely N-dealkylation sites (tertiary alicyclic amines) is 1. The highest BCUT2D eigenvalue weighted by Crippen LogP contribution is 2.21. The van der Waals surface area contributed by atoms with Gasteiger partial charge in [0.05, 0.1) is 18.2 Å². The van der Waals surface area contributed by atoms with E-state index >= 15 is 0 Å². The lowest BCUT2D eigenvalue weighted by Crippen LogP contribution is -2.38. The zero-order valence-electron chi connectivity index (χ0n) is 12.5. The van der Waals surface area contributed by atoms with Crippen LogP contribution in [0.15, 0.2) is 18.2 Å².